The normalized spacial score (nSPS) is 27.2. The van der Waals surface area contributed by atoms with E-state index in [0.29, 0.717) is 11.3 Å². The summed E-state index contributed by atoms with van der Waals surface area (Å²) in [6.07, 6.45) is 2.88. The molecule has 19 heavy (non-hydrogen) atoms. The Morgan fingerprint density at radius 3 is 3.16 bits per heavy atom. The maximum Gasteiger partial charge on any atom is 0.270 e. The van der Waals surface area contributed by atoms with Crippen molar-refractivity contribution in [3.05, 3.63) is 22.4 Å². The molecule has 104 valence electrons. The van der Waals surface area contributed by atoms with Gasteiger partial charge in [-0.05, 0) is 28.4 Å². The molecule has 2 aliphatic heterocycles. The molecule has 0 spiro atoms. The first-order chi connectivity index (χ1) is 9.16. The number of amides is 1. The zero-order valence-electron chi connectivity index (χ0n) is 10.8. The molecular weight excluding hydrogens is 328 g/mol. The highest BCUT2D eigenvalue weighted by atomic mass is 79.9. The van der Waals surface area contributed by atoms with Gasteiger partial charge in [-0.2, -0.15) is 11.8 Å². The van der Waals surface area contributed by atoms with Gasteiger partial charge in [0.2, 0.25) is 0 Å². The van der Waals surface area contributed by atoms with Crippen molar-refractivity contribution in [3.63, 3.8) is 0 Å². The number of aryl methyl sites for hydroxylation is 1. The zero-order chi connectivity index (χ0) is 13.4. The van der Waals surface area contributed by atoms with E-state index in [2.05, 4.69) is 15.9 Å². The number of hydrogen-bond donors (Lipinski definition) is 0. The fourth-order valence-corrected chi connectivity index (χ4v) is 4.65. The molecule has 2 saturated heterocycles. The van der Waals surface area contributed by atoms with Crippen LogP contribution in [0.5, 0.6) is 0 Å². The number of hydrogen-bond acceptors (Lipinski definition) is 3. The van der Waals surface area contributed by atoms with Crippen LogP contribution in [0, 0.1) is 0 Å². The Balaban J connectivity index is 1.83. The number of nitrogens with zero attached hydrogens (tertiary/aromatic N) is 2. The third-order valence-corrected chi connectivity index (χ3v) is 5.52. The van der Waals surface area contributed by atoms with E-state index in [0.717, 1.165) is 42.1 Å². The molecule has 3 rings (SSSR count). The summed E-state index contributed by atoms with van der Waals surface area (Å²) in [5.74, 6) is 1.15. The summed E-state index contributed by atoms with van der Waals surface area (Å²) in [6, 6.07) is 2.23. The van der Waals surface area contributed by atoms with Crippen LogP contribution in [0.25, 0.3) is 0 Å². The van der Waals surface area contributed by atoms with Crippen LogP contribution in [0.15, 0.2) is 16.7 Å². The minimum atomic E-state index is 0.144. The van der Waals surface area contributed by atoms with Crippen LogP contribution in [0.2, 0.25) is 0 Å². The Labute approximate surface area is 125 Å². The molecular formula is C13H17BrN2O2S. The van der Waals surface area contributed by atoms with Crippen molar-refractivity contribution in [2.24, 2.45) is 7.05 Å². The highest BCUT2D eigenvalue weighted by molar-refractivity contribution is 9.10. The van der Waals surface area contributed by atoms with E-state index in [4.69, 9.17) is 4.74 Å². The first kappa shape index (κ1) is 13.5. The van der Waals surface area contributed by atoms with Crippen molar-refractivity contribution >= 4 is 33.6 Å². The molecule has 0 bridgehead atoms. The Morgan fingerprint density at radius 1 is 1.58 bits per heavy atom. The molecule has 4 nitrogen and oxygen atoms in total. The monoisotopic (exact) mass is 344 g/mol. The van der Waals surface area contributed by atoms with Gasteiger partial charge < -0.3 is 14.2 Å². The molecule has 0 saturated carbocycles. The van der Waals surface area contributed by atoms with E-state index in [9.17, 15) is 4.79 Å². The Hall–Kier alpha value is -0.460. The van der Waals surface area contributed by atoms with Gasteiger partial charge in [0.25, 0.3) is 5.91 Å². The van der Waals surface area contributed by atoms with Crippen LogP contribution in [0.3, 0.4) is 0 Å². The molecule has 0 radical (unpaired) electrons. The third-order valence-electron chi connectivity index (χ3n) is 3.79. The Kier molecular flexibility index (Phi) is 3.91. The lowest BCUT2D eigenvalue weighted by atomic mass is 10.1. The molecule has 0 aromatic carbocycles. The second-order valence-electron chi connectivity index (χ2n) is 4.99. The van der Waals surface area contributed by atoms with Crippen molar-refractivity contribution < 1.29 is 9.53 Å². The average molecular weight is 345 g/mol. The van der Waals surface area contributed by atoms with E-state index in [1.54, 1.807) is 0 Å². The zero-order valence-corrected chi connectivity index (χ0v) is 13.2. The van der Waals surface area contributed by atoms with Gasteiger partial charge in [0, 0.05) is 47.9 Å². The highest BCUT2D eigenvalue weighted by Gasteiger charge is 2.37. The molecule has 0 unspecified atom stereocenters. The number of halogens is 1. The van der Waals surface area contributed by atoms with Gasteiger partial charge >= 0.3 is 0 Å². The standard InChI is InChI=1S/C13H17BrN2O2S/c1-15-7-9(14)6-11(15)13(17)16-3-5-19-12-8-18-4-2-10(12)16/h6-7,10,12H,2-5,8H2,1H3/t10-,12-/m0/s1. The van der Waals surface area contributed by atoms with Gasteiger partial charge in [0.05, 0.1) is 6.61 Å². The summed E-state index contributed by atoms with van der Waals surface area (Å²) in [5, 5.41) is 0.440. The predicted octanol–water partition coefficient (Wildman–Crippen LogP) is 2.13. The smallest absolute Gasteiger partial charge is 0.270 e. The lowest BCUT2D eigenvalue weighted by molar-refractivity contribution is 0.0313. The van der Waals surface area contributed by atoms with E-state index >= 15 is 0 Å². The van der Waals surface area contributed by atoms with Crippen molar-refractivity contribution in [2.45, 2.75) is 17.7 Å². The first-order valence-corrected chi connectivity index (χ1v) is 8.33. The fraction of sp³-hybridized carbons (Fsp3) is 0.615. The van der Waals surface area contributed by atoms with Gasteiger partial charge in [-0.1, -0.05) is 0 Å². The van der Waals surface area contributed by atoms with Gasteiger partial charge in [0.1, 0.15) is 5.69 Å². The molecule has 6 heteroatoms. The van der Waals surface area contributed by atoms with Gasteiger partial charge in [-0.3, -0.25) is 4.79 Å². The number of fused-ring (bicyclic) bond motifs is 1. The third kappa shape index (κ3) is 2.58. The Bertz CT molecular complexity index is 489. The summed E-state index contributed by atoms with van der Waals surface area (Å²) in [4.78, 5) is 14.8. The average Bonchev–Trinajstić information content (AvgIpc) is 2.76. The van der Waals surface area contributed by atoms with Crippen LogP contribution in [0.1, 0.15) is 16.9 Å². The molecule has 0 aliphatic carbocycles. The van der Waals surface area contributed by atoms with Crippen molar-refractivity contribution in [2.75, 3.05) is 25.5 Å². The number of rotatable bonds is 1. The van der Waals surface area contributed by atoms with Crippen LogP contribution < -0.4 is 0 Å². The lowest BCUT2D eigenvalue weighted by Crippen LogP contribution is -2.54. The SMILES string of the molecule is Cn1cc(Br)cc1C(=O)N1CCS[C@H]2COCC[C@@H]21. The van der Waals surface area contributed by atoms with Crippen molar-refractivity contribution in [1.82, 2.24) is 9.47 Å². The molecule has 3 heterocycles. The van der Waals surface area contributed by atoms with Crippen LogP contribution >= 0.6 is 27.7 Å². The first-order valence-electron chi connectivity index (χ1n) is 6.49. The van der Waals surface area contributed by atoms with Crippen LogP contribution in [-0.4, -0.2) is 52.2 Å². The second kappa shape index (κ2) is 5.50. The second-order valence-corrected chi connectivity index (χ2v) is 7.26. The van der Waals surface area contributed by atoms with E-state index in [1.807, 2.05) is 40.5 Å². The summed E-state index contributed by atoms with van der Waals surface area (Å²) < 4.78 is 8.37. The van der Waals surface area contributed by atoms with Gasteiger partial charge in [-0.15, -0.1) is 0 Å². The summed E-state index contributed by atoms with van der Waals surface area (Å²) >= 11 is 5.37. The number of ether oxygens (including phenoxy) is 1. The van der Waals surface area contributed by atoms with Crippen LogP contribution in [0.4, 0.5) is 0 Å². The highest BCUT2D eigenvalue weighted by Crippen LogP contribution is 2.31. The molecule has 2 atom stereocenters. The maximum atomic E-state index is 12.7. The van der Waals surface area contributed by atoms with E-state index < -0.39 is 0 Å². The number of carbonyl (C=O) groups excluding carboxylic acids is 1. The molecule has 1 amide bonds. The molecule has 2 fully saturated rings. The summed E-state index contributed by atoms with van der Waals surface area (Å²) in [7, 11) is 1.91. The number of thioether (sulfide) groups is 1. The predicted molar refractivity (Wildman–Crippen MR) is 79.6 cm³/mol. The van der Waals surface area contributed by atoms with Gasteiger partial charge in [-0.25, -0.2) is 0 Å². The number of aromatic nitrogens is 1. The molecule has 0 N–H and O–H groups in total. The maximum absolute atomic E-state index is 12.7. The minimum Gasteiger partial charge on any atom is -0.380 e. The quantitative estimate of drug-likeness (QED) is 0.782. The van der Waals surface area contributed by atoms with Crippen molar-refractivity contribution in [1.29, 1.82) is 0 Å². The molecule has 1 aromatic rings. The largest absolute Gasteiger partial charge is 0.380 e. The Morgan fingerprint density at radius 2 is 2.42 bits per heavy atom. The topological polar surface area (TPSA) is 34.5 Å². The van der Waals surface area contributed by atoms with Crippen molar-refractivity contribution in [3.8, 4) is 0 Å². The van der Waals surface area contributed by atoms with Crippen LogP contribution in [-0.2, 0) is 11.8 Å². The minimum absolute atomic E-state index is 0.144. The van der Waals surface area contributed by atoms with Gasteiger partial charge in [0.15, 0.2) is 0 Å². The van der Waals surface area contributed by atoms with E-state index in [1.165, 1.54) is 0 Å². The summed E-state index contributed by atoms with van der Waals surface area (Å²) in [5.41, 5.74) is 0.754. The molecule has 1 aromatic heterocycles. The summed E-state index contributed by atoms with van der Waals surface area (Å²) in [6.45, 7) is 2.38. The lowest BCUT2D eigenvalue weighted by Gasteiger charge is -2.43. The molecule has 2 aliphatic rings. The fourth-order valence-electron chi connectivity index (χ4n) is 2.82. The van der Waals surface area contributed by atoms with E-state index in [-0.39, 0.29) is 5.91 Å². The number of carbonyl (C=O) groups is 1.